The average Bonchev–Trinajstić information content (AvgIpc) is 2.69. The molecule has 1 heterocycles. The van der Waals surface area contributed by atoms with Gasteiger partial charge in [-0.2, -0.15) is 0 Å². The lowest BCUT2D eigenvalue weighted by Crippen LogP contribution is -2.43. The molecule has 100 valence electrons. The Bertz CT molecular complexity index is 426. The monoisotopic (exact) mass is 329 g/mol. The zero-order valence-corrected chi connectivity index (χ0v) is 13.5. The third-order valence-electron chi connectivity index (χ3n) is 2.36. The molecule has 1 aromatic heterocycles. The molecule has 18 heavy (non-hydrogen) atoms. The minimum Gasteiger partial charge on any atom is -0.354 e. The smallest absolute Gasteiger partial charge is 0.191 e. The number of halogens is 1. The van der Waals surface area contributed by atoms with Crippen LogP contribution >= 0.6 is 27.3 Å². The van der Waals surface area contributed by atoms with Crippen molar-refractivity contribution in [3.05, 3.63) is 32.9 Å². The van der Waals surface area contributed by atoms with Gasteiger partial charge in [0.15, 0.2) is 5.96 Å². The summed E-state index contributed by atoms with van der Waals surface area (Å²) in [6.07, 6.45) is 1.01. The zero-order valence-electron chi connectivity index (χ0n) is 11.1. The maximum Gasteiger partial charge on any atom is 0.191 e. The molecule has 0 spiro atoms. The van der Waals surface area contributed by atoms with Crippen molar-refractivity contribution in [2.45, 2.75) is 26.3 Å². The highest BCUT2D eigenvalue weighted by atomic mass is 79.9. The normalized spacial score (nSPS) is 13.2. The van der Waals surface area contributed by atoms with E-state index < -0.39 is 0 Å². The summed E-state index contributed by atoms with van der Waals surface area (Å²) in [4.78, 5) is 6.94. The highest BCUT2D eigenvalue weighted by Gasteiger charge is 2.07. The van der Waals surface area contributed by atoms with Crippen LogP contribution in [0.15, 0.2) is 28.2 Å². The number of aliphatic imine (C=N–C) groups is 1. The standard InChI is InChI=1S/C13H20BrN3S/c1-9(14)8-16-13(15-4)17-10(2)7-12-6-5-11(3)18-12/h5-6,10H,1,7-8H2,2-4H3,(H2,15,16,17). The van der Waals surface area contributed by atoms with E-state index in [1.807, 2.05) is 11.3 Å². The van der Waals surface area contributed by atoms with Crippen LogP contribution < -0.4 is 10.6 Å². The second-order valence-electron chi connectivity index (χ2n) is 4.20. The molecule has 0 aliphatic heterocycles. The lowest BCUT2D eigenvalue weighted by molar-refractivity contribution is 0.650. The van der Waals surface area contributed by atoms with Gasteiger partial charge in [0.1, 0.15) is 0 Å². The van der Waals surface area contributed by atoms with Crippen LogP contribution in [0.3, 0.4) is 0 Å². The van der Waals surface area contributed by atoms with Crippen LogP contribution in [0.1, 0.15) is 16.7 Å². The second kappa shape index (κ2) is 7.59. The van der Waals surface area contributed by atoms with Gasteiger partial charge in [0, 0.05) is 40.3 Å². The van der Waals surface area contributed by atoms with Crippen molar-refractivity contribution in [2.24, 2.45) is 4.99 Å². The quantitative estimate of drug-likeness (QED) is 0.643. The highest BCUT2D eigenvalue weighted by molar-refractivity contribution is 9.11. The van der Waals surface area contributed by atoms with Crippen molar-refractivity contribution < 1.29 is 0 Å². The Morgan fingerprint density at radius 1 is 1.56 bits per heavy atom. The summed E-state index contributed by atoms with van der Waals surface area (Å²) < 4.78 is 0.909. The van der Waals surface area contributed by atoms with Gasteiger partial charge in [-0.25, -0.2) is 0 Å². The summed E-state index contributed by atoms with van der Waals surface area (Å²) >= 11 is 5.16. The molecule has 0 fully saturated rings. The summed E-state index contributed by atoms with van der Waals surface area (Å²) in [7, 11) is 1.77. The molecule has 0 amide bonds. The van der Waals surface area contributed by atoms with Crippen LogP contribution in [0, 0.1) is 6.92 Å². The molecule has 3 nitrogen and oxygen atoms in total. The minimum atomic E-state index is 0.345. The zero-order chi connectivity index (χ0) is 13.5. The van der Waals surface area contributed by atoms with Gasteiger partial charge in [-0.05, 0) is 26.0 Å². The SMILES string of the molecule is C=C(Br)CNC(=NC)NC(C)Cc1ccc(C)s1. The Morgan fingerprint density at radius 3 is 2.78 bits per heavy atom. The summed E-state index contributed by atoms with van der Waals surface area (Å²) in [5.41, 5.74) is 0. The molecule has 1 aromatic rings. The molecular weight excluding hydrogens is 310 g/mol. The number of nitrogens with one attached hydrogen (secondary N) is 2. The van der Waals surface area contributed by atoms with Crippen molar-refractivity contribution in [1.29, 1.82) is 0 Å². The summed E-state index contributed by atoms with van der Waals surface area (Å²) in [6.45, 7) is 8.75. The molecule has 0 saturated heterocycles. The van der Waals surface area contributed by atoms with Crippen LogP contribution in [0.4, 0.5) is 0 Å². The van der Waals surface area contributed by atoms with Crippen LogP contribution in [-0.4, -0.2) is 25.6 Å². The number of rotatable bonds is 5. The lowest BCUT2D eigenvalue weighted by Gasteiger charge is -2.17. The summed E-state index contributed by atoms with van der Waals surface area (Å²) in [5.74, 6) is 0.802. The largest absolute Gasteiger partial charge is 0.354 e. The molecule has 2 N–H and O–H groups in total. The van der Waals surface area contributed by atoms with Gasteiger partial charge in [-0.15, -0.1) is 11.3 Å². The Kier molecular flexibility index (Phi) is 6.43. The Balaban J connectivity index is 2.42. The molecule has 0 aliphatic rings. The molecule has 1 rings (SSSR count). The predicted octanol–water partition coefficient (Wildman–Crippen LogP) is 3.06. The van der Waals surface area contributed by atoms with Gasteiger partial charge >= 0.3 is 0 Å². The topological polar surface area (TPSA) is 36.4 Å². The van der Waals surface area contributed by atoms with E-state index in [0.717, 1.165) is 16.9 Å². The third-order valence-corrected chi connectivity index (χ3v) is 3.66. The summed E-state index contributed by atoms with van der Waals surface area (Å²) in [5, 5.41) is 6.55. The number of hydrogen-bond donors (Lipinski definition) is 2. The van der Waals surface area contributed by atoms with E-state index in [9.17, 15) is 0 Å². The average molecular weight is 330 g/mol. The van der Waals surface area contributed by atoms with Crippen molar-refractivity contribution >= 4 is 33.2 Å². The fourth-order valence-corrected chi connectivity index (χ4v) is 2.71. The van der Waals surface area contributed by atoms with Gasteiger partial charge in [0.25, 0.3) is 0 Å². The highest BCUT2D eigenvalue weighted by Crippen LogP contribution is 2.16. The van der Waals surface area contributed by atoms with Crippen LogP contribution in [0.5, 0.6) is 0 Å². The van der Waals surface area contributed by atoms with Crippen molar-refractivity contribution in [1.82, 2.24) is 10.6 Å². The first-order chi connectivity index (χ1) is 8.51. The van der Waals surface area contributed by atoms with Crippen LogP contribution in [0.25, 0.3) is 0 Å². The minimum absolute atomic E-state index is 0.345. The van der Waals surface area contributed by atoms with E-state index >= 15 is 0 Å². The Labute approximate surface area is 122 Å². The molecular formula is C13H20BrN3S. The van der Waals surface area contributed by atoms with Gasteiger partial charge in [0.2, 0.25) is 0 Å². The van der Waals surface area contributed by atoms with Crippen molar-refractivity contribution in [3.63, 3.8) is 0 Å². The van der Waals surface area contributed by atoms with E-state index in [-0.39, 0.29) is 0 Å². The van der Waals surface area contributed by atoms with Crippen molar-refractivity contribution in [3.8, 4) is 0 Å². The molecule has 0 radical (unpaired) electrons. The van der Waals surface area contributed by atoms with E-state index in [1.165, 1.54) is 9.75 Å². The van der Waals surface area contributed by atoms with Crippen molar-refractivity contribution in [2.75, 3.05) is 13.6 Å². The number of hydrogen-bond acceptors (Lipinski definition) is 2. The number of thiophene rings is 1. The first-order valence-electron chi connectivity index (χ1n) is 5.87. The molecule has 5 heteroatoms. The second-order valence-corrected chi connectivity index (χ2v) is 6.70. The lowest BCUT2D eigenvalue weighted by atomic mass is 10.2. The predicted molar refractivity (Wildman–Crippen MR) is 84.8 cm³/mol. The summed E-state index contributed by atoms with van der Waals surface area (Å²) in [6, 6.07) is 4.70. The first-order valence-corrected chi connectivity index (χ1v) is 7.48. The number of guanidine groups is 1. The fraction of sp³-hybridized carbons (Fsp3) is 0.462. The third kappa shape index (κ3) is 5.69. The van der Waals surface area contributed by atoms with Crippen LogP contribution in [-0.2, 0) is 6.42 Å². The molecule has 1 atom stereocenters. The van der Waals surface area contributed by atoms with Crippen LogP contribution in [0.2, 0.25) is 0 Å². The van der Waals surface area contributed by atoms with Gasteiger partial charge < -0.3 is 10.6 Å². The first kappa shape index (κ1) is 15.2. The van der Waals surface area contributed by atoms with E-state index in [0.29, 0.717) is 12.6 Å². The molecule has 1 unspecified atom stereocenters. The molecule has 0 aromatic carbocycles. The molecule has 0 saturated carbocycles. The fourth-order valence-electron chi connectivity index (χ4n) is 1.56. The van der Waals surface area contributed by atoms with E-state index in [1.54, 1.807) is 7.05 Å². The maximum absolute atomic E-state index is 4.18. The molecule has 0 bridgehead atoms. The number of aryl methyl sites for hydroxylation is 1. The van der Waals surface area contributed by atoms with E-state index in [4.69, 9.17) is 0 Å². The van der Waals surface area contributed by atoms with Gasteiger partial charge in [0.05, 0.1) is 0 Å². The number of nitrogens with zero attached hydrogens (tertiary/aromatic N) is 1. The Hall–Kier alpha value is -0.810. The molecule has 0 aliphatic carbocycles. The van der Waals surface area contributed by atoms with E-state index in [2.05, 4.69) is 64.1 Å². The van der Waals surface area contributed by atoms with Gasteiger partial charge in [-0.3, -0.25) is 4.99 Å². The Morgan fingerprint density at radius 2 is 2.28 bits per heavy atom. The maximum atomic E-state index is 4.18. The van der Waals surface area contributed by atoms with Gasteiger partial charge in [-0.1, -0.05) is 22.5 Å².